The molecular formula is C31H37FN6O. The van der Waals surface area contributed by atoms with Crippen LogP contribution in [-0.2, 0) is 6.54 Å². The monoisotopic (exact) mass is 528 g/mol. The molecule has 1 aromatic heterocycles. The minimum atomic E-state index is -0.265. The molecule has 4 rings (SSSR count). The van der Waals surface area contributed by atoms with E-state index in [1.54, 1.807) is 18.3 Å². The van der Waals surface area contributed by atoms with Gasteiger partial charge in [0.05, 0.1) is 6.61 Å². The van der Waals surface area contributed by atoms with Crippen LogP contribution in [0.5, 0.6) is 5.75 Å². The number of hydrogen-bond donors (Lipinski definition) is 2. The average molecular weight is 529 g/mol. The number of benzene rings is 2. The van der Waals surface area contributed by atoms with Crippen molar-refractivity contribution >= 4 is 5.96 Å². The number of guanidine groups is 1. The topological polar surface area (TPSA) is 85.6 Å². The second kappa shape index (κ2) is 15.5. The first kappa shape index (κ1) is 28.1. The Morgan fingerprint density at radius 3 is 2.69 bits per heavy atom. The van der Waals surface area contributed by atoms with Crippen LogP contribution >= 0.6 is 0 Å². The number of aliphatic imine (C=N–C) groups is 1. The molecule has 0 bridgehead atoms. The van der Waals surface area contributed by atoms with Gasteiger partial charge in [-0.2, -0.15) is 5.26 Å². The summed E-state index contributed by atoms with van der Waals surface area (Å²) < 4.78 is 19.4. The van der Waals surface area contributed by atoms with Crippen LogP contribution in [0.2, 0.25) is 0 Å². The van der Waals surface area contributed by atoms with Gasteiger partial charge in [-0.3, -0.25) is 20.2 Å². The molecule has 1 aliphatic rings. The summed E-state index contributed by atoms with van der Waals surface area (Å²) in [5.74, 6) is 1.03. The Balaban J connectivity index is 1.24. The largest absolute Gasteiger partial charge is 0.494 e. The molecule has 0 radical (unpaired) electrons. The fraction of sp³-hybridized carbons (Fsp3) is 0.387. The zero-order valence-electron chi connectivity index (χ0n) is 22.4. The summed E-state index contributed by atoms with van der Waals surface area (Å²) in [5.41, 5.74) is 3.18. The molecular weight excluding hydrogens is 491 g/mol. The van der Waals surface area contributed by atoms with E-state index in [0.717, 1.165) is 30.0 Å². The van der Waals surface area contributed by atoms with Crippen molar-refractivity contribution in [2.75, 3.05) is 32.8 Å². The summed E-state index contributed by atoms with van der Waals surface area (Å²) in [4.78, 5) is 11.5. The molecule has 0 saturated carbocycles. The lowest BCUT2D eigenvalue weighted by Crippen LogP contribution is -2.36. The third-order valence-corrected chi connectivity index (χ3v) is 6.81. The molecule has 0 aliphatic carbocycles. The van der Waals surface area contributed by atoms with Crippen LogP contribution in [0.15, 0.2) is 77.9 Å². The second-order valence-corrected chi connectivity index (χ2v) is 9.73. The number of rotatable bonds is 12. The highest BCUT2D eigenvalue weighted by Crippen LogP contribution is 2.26. The number of ether oxygens (including phenoxy) is 1. The second-order valence-electron chi connectivity index (χ2n) is 9.73. The standard InChI is InChI=1S/C31H37FN6O/c32-27-13-11-26(12-14-27)29(30-10-2-3-16-34-30)15-18-36-31(37-24-33)35-17-7-21-39-28-9-6-8-25(22-28)23-38-19-4-1-5-20-38/h2-3,6,8-14,16,22,29H,1,4-5,7,15,17-21,23H2,(H2,35,36,37). The van der Waals surface area contributed by atoms with Crippen LogP contribution < -0.4 is 15.4 Å². The summed E-state index contributed by atoms with van der Waals surface area (Å²) in [7, 11) is 0. The van der Waals surface area contributed by atoms with Gasteiger partial charge in [0.25, 0.3) is 0 Å². The van der Waals surface area contributed by atoms with Gasteiger partial charge in [-0.25, -0.2) is 4.39 Å². The third-order valence-electron chi connectivity index (χ3n) is 6.81. The highest BCUT2D eigenvalue weighted by molar-refractivity contribution is 5.81. The van der Waals surface area contributed by atoms with Gasteiger partial charge in [0, 0.05) is 43.9 Å². The Bertz CT molecular complexity index is 1210. The molecule has 1 fully saturated rings. The van der Waals surface area contributed by atoms with Crippen molar-refractivity contribution in [2.45, 2.75) is 44.6 Å². The van der Waals surface area contributed by atoms with Gasteiger partial charge in [0.15, 0.2) is 6.19 Å². The van der Waals surface area contributed by atoms with Crippen LogP contribution in [0.1, 0.15) is 54.8 Å². The molecule has 7 nitrogen and oxygen atoms in total. The van der Waals surface area contributed by atoms with E-state index in [2.05, 4.69) is 43.7 Å². The van der Waals surface area contributed by atoms with Crippen molar-refractivity contribution in [2.24, 2.45) is 4.99 Å². The van der Waals surface area contributed by atoms with Crippen LogP contribution in [0.25, 0.3) is 0 Å². The van der Waals surface area contributed by atoms with E-state index in [-0.39, 0.29) is 11.7 Å². The van der Waals surface area contributed by atoms with Crippen LogP contribution in [0.4, 0.5) is 4.39 Å². The van der Waals surface area contributed by atoms with E-state index in [4.69, 9.17) is 10.00 Å². The quantitative estimate of drug-likeness (QED) is 0.110. The van der Waals surface area contributed by atoms with Crippen molar-refractivity contribution in [1.29, 1.82) is 5.26 Å². The van der Waals surface area contributed by atoms with E-state index in [1.165, 1.54) is 50.0 Å². The number of nitrogens with one attached hydrogen (secondary N) is 2. The van der Waals surface area contributed by atoms with E-state index >= 15 is 0 Å². The molecule has 39 heavy (non-hydrogen) atoms. The Hall–Kier alpha value is -3.96. The summed E-state index contributed by atoms with van der Waals surface area (Å²) in [6.45, 7) is 4.94. The first-order valence-corrected chi connectivity index (χ1v) is 13.7. The maximum absolute atomic E-state index is 13.5. The maximum atomic E-state index is 13.5. The lowest BCUT2D eigenvalue weighted by Gasteiger charge is -2.26. The Morgan fingerprint density at radius 2 is 1.92 bits per heavy atom. The predicted molar refractivity (Wildman–Crippen MR) is 152 cm³/mol. The number of nitrogens with zero attached hydrogens (tertiary/aromatic N) is 4. The lowest BCUT2D eigenvalue weighted by atomic mass is 9.92. The minimum Gasteiger partial charge on any atom is -0.494 e. The van der Waals surface area contributed by atoms with E-state index in [0.29, 0.717) is 32.1 Å². The number of halogens is 1. The molecule has 2 heterocycles. The van der Waals surface area contributed by atoms with Gasteiger partial charge < -0.3 is 10.1 Å². The smallest absolute Gasteiger partial charge is 0.204 e. The van der Waals surface area contributed by atoms with E-state index in [1.807, 2.05) is 30.5 Å². The Kier molecular flexibility index (Phi) is 11.1. The van der Waals surface area contributed by atoms with Gasteiger partial charge in [-0.1, -0.05) is 36.8 Å². The maximum Gasteiger partial charge on any atom is 0.204 e. The third kappa shape index (κ3) is 9.38. The fourth-order valence-corrected chi connectivity index (χ4v) is 4.84. The molecule has 0 spiro atoms. The van der Waals surface area contributed by atoms with Gasteiger partial charge in [0.1, 0.15) is 11.6 Å². The molecule has 1 atom stereocenters. The van der Waals surface area contributed by atoms with Gasteiger partial charge in [0.2, 0.25) is 5.96 Å². The Labute approximate surface area is 230 Å². The summed E-state index contributed by atoms with van der Waals surface area (Å²) in [6.07, 6.45) is 9.04. The van der Waals surface area contributed by atoms with E-state index in [9.17, 15) is 4.39 Å². The summed E-state index contributed by atoms with van der Waals surface area (Å²) in [5, 5.41) is 15.0. The average Bonchev–Trinajstić information content (AvgIpc) is 2.97. The number of pyridine rings is 1. The molecule has 1 unspecified atom stereocenters. The summed E-state index contributed by atoms with van der Waals surface area (Å²) >= 11 is 0. The van der Waals surface area contributed by atoms with Gasteiger partial charge in [-0.05, 0) is 79.9 Å². The van der Waals surface area contributed by atoms with Crippen LogP contribution in [0, 0.1) is 17.3 Å². The SMILES string of the molecule is N#CNC(=NCCCOc1cccc(CN2CCCCC2)c1)NCCC(c1ccc(F)cc1)c1ccccn1. The van der Waals surface area contributed by atoms with Crippen molar-refractivity contribution in [3.05, 3.63) is 95.6 Å². The van der Waals surface area contributed by atoms with Crippen molar-refractivity contribution < 1.29 is 9.13 Å². The van der Waals surface area contributed by atoms with Crippen LogP contribution in [-0.4, -0.2) is 48.6 Å². The predicted octanol–water partition coefficient (Wildman–Crippen LogP) is 5.21. The molecule has 3 aromatic rings. The van der Waals surface area contributed by atoms with Crippen LogP contribution in [0.3, 0.4) is 0 Å². The number of likely N-dealkylation sites (tertiary alicyclic amines) is 1. The van der Waals surface area contributed by atoms with Gasteiger partial charge in [-0.15, -0.1) is 0 Å². The fourth-order valence-electron chi connectivity index (χ4n) is 4.84. The van der Waals surface area contributed by atoms with Crippen molar-refractivity contribution in [1.82, 2.24) is 20.5 Å². The highest BCUT2D eigenvalue weighted by atomic mass is 19.1. The minimum absolute atomic E-state index is 0.0123. The highest BCUT2D eigenvalue weighted by Gasteiger charge is 2.16. The van der Waals surface area contributed by atoms with Crippen molar-refractivity contribution in [3.8, 4) is 11.9 Å². The number of nitriles is 1. The molecule has 2 N–H and O–H groups in total. The van der Waals surface area contributed by atoms with Crippen molar-refractivity contribution in [3.63, 3.8) is 0 Å². The van der Waals surface area contributed by atoms with Gasteiger partial charge >= 0.3 is 0 Å². The molecule has 0 amide bonds. The first-order valence-electron chi connectivity index (χ1n) is 13.7. The number of hydrogen-bond acceptors (Lipinski definition) is 5. The molecule has 1 aliphatic heterocycles. The molecule has 8 heteroatoms. The zero-order valence-corrected chi connectivity index (χ0v) is 22.4. The number of aromatic nitrogens is 1. The number of piperidine rings is 1. The molecule has 2 aromatic carbocycles. The van der Waals surface area contributed by atoms with E-state index < -0.39 is 0 Å². The molecule has 1 saturated heterocycles. The normalized spacial score (nSPS) is 14.8. The lowest BCUT2D eigenvalue weighted by molar-refractivity contribution is 0.220. The summed E-state index contributed by atoms with van der Waals surface area (Å²) in [6, 6.07) is 20.6. The zero-order chi connectivity index (χ0) is 27.1. The Morgan fingerprint density at radius 1 is 1.08 bits per heavy atom. The molecule has 204 valence electrons. The first-order chi connectivity index (χ1) is 19.2.